The maximum Gasteiger partial charge on any atom is 0.217 e. The van der Waals surface area contributed by atoms with Crippen molar-refractivity contribution in [3.8, 4) is 0 Å². The first-order chi connectivity index (χ1) is 5.41. The predicted molar refractivity (Wildman–Crippen MR) is 49.8 cm³/mol. The van der Waals surface area contributed by atoms with E-state index in [1.54, 1.807) is 6.92 Å². The molecule has 70 valence electrons. The van der Waals surface area contributed by atoms with Gasteiger partial charge < -0.3 is 5.32 Å². The minimum atomic E-state index is 0.0989. The van der Waals surface area contributed by atoms with Crippen LogP contribution in [0.2, 0.25) is 0 Å². The number of carbonyl (C=O) groups excluding carboxylic acids is 1. The summed E-state index contributed by atoms with van der Waals surface area (Å²) in [5, 5.41) is 3.04. The highest BCUT2D eigenvalue weighted by Gasteiger charge is 2.38. The number of hydrogen-bond donors (Lipinski definition) is 1. The lowest BCUT2D eigenvalue weighted by molar-refractivity contribution is -0.120. The van der Waals surface area contributed by atoms with Crippen LogP contribution < -0.4 is 5.32 Å². The largest absolute Gasteiger partial charge is 0.353 e. The average Bonchev–Trinajstić information content (AvgIpc) is 2.60. The van der Waals surface area contributed by atoms with Crippen LogP contribution in [0, 0.1) is 11.3 Å². The van der Waals surface area contributed by atoms with Crippen molar-refractivity contribution in [1.29, 1.82) is 0 Å². The van der Waals surface area contributed by atoms with Crippen LogP contribution in [0.1, 0.15) is 40.5 Å². The van der Waals surface area contributed by atoms with Crippen molar-refractivity contribution in [1.82, 2.24) is 5.32 Å². The second-order valence-corrected chi connectivity index (χ2v) is 4.88. The molecule has 0 aliphatic heterocycles. The zero-order chi connectivity index (χ0) is 9.35. The molecule has 2 heteroatoms. The molecule has 0 heterocycles. The molecule has 0 aromatic carbocycles. The minimum Gasteiger partial charge on any atom is -0.353 e. The molecule has 2 nitrogen and oxygen atoms in total. The zero-order valence-electron chi connectivity index (χ0n) is 8.48. The lowest BCUT2D eigenvalue weighted by Gasteiger charge is -2.31. The van der Waals surface area contributed by atoms with Gasteiger partial charge in [0.1, 0.15) is 0 Å². The van der Waals surface area contributed by atoms with Crippen molar-refractivity contribution < 1.29 is 4.79 Å². The molecule has 1 saturated carbocycles. The first-order valence-electron chi connectivity index (χ1n) is 4.68. The normalized spacial score (nSPS) is 20.3. The summed E-state index contributed by atoms with van der Waals surface area (Å²) in [4.78, 5) is 10.9. The molecule has 1 unspecified atom stereocenters. The zero-order valence-corrected chi connectivity index (χ0v) is 8.48. The van der Waals surface area contributed by atoms with Crippen molar-refractivity contribution >= 4 is 5.91 Å². The molecule has 0 aromatic rings. The van der Waals surface area contributed by atoms with Gasteiger partial charge in [0, 0.05) is 13.0 Å². The van der Waals surface area contributed by atoms with Gasteiger partial charge in [-0.25, -0.2) is 0 Å². The molecule has 1 aliphatic carbocycles. The molecule has 1 amide bonds. The van der Waals surface area contributed by atoms with Gasteiger partial charge in [-0.05, 0) is 24.2 Å². The molecule has 1 N–H and O–H groups in total. The van der Waals surface area contributed by atoms with Crippen LogP contribution in [-0.4, -0.2) is 11.9 Å². The Hall–Kier alpha value is -0.530. The Bertz CT molecular complexity index is 177. The summed E-state index contributed by atoms with van der Waals surface area (Å²) in [6, 6.07) is 0.370. The fourth-order valence-electron chi connectivity index (χ4n) is 1.69. The van der Waals surface area contributed by atoms with Crippen LogP contribution in [0.4, 0.5) is 0 Å². The molecule has 1 atom stereocenters. The molecule has 1 aliphatic rings. The molecule has 0 radical (unpaired) electrons. The van der Waals surface area contributed by atoms with Crippen molar-refractivity contribution in [3.63, 3.8) is 0 Å². The fourth-order valence-corrected chi connectivity index (χ4v) is 1.69. The Balaban J connectivity index is 2.54. The van der Waals surface area contributed by atoms with Crippen LogP contribution in [-0.2, 0) is 4.79 Å². The third kappa shape index (κ3) is 2.50. The van der Waals surface area contributed by atoms with E-state index in [0.717, 1.165) is 5.92 Å². The van der Waals surface area contributed by atoms with Crippen LogP contribution in [0.3, 0.4) is 0 Å². The van der Waals surface area contributed by atoms with Crippen LogP contribution in [0.5, 0.6) is 0 Å². The molecule has 1 rings (SSSR count). The van der Waals surface area contributed by atoms with Gasteiger partial charge in [0.25, 0.3) is 0 Å². The second kappa shape index (κ2) is 3.08. The molecule has 0 spiro atoms. The number of amides is 1. The summed E-state index contributed by atoms with van der Waals surface area (Å²) < 4.78 is 0. The maximum atomic E-state index is 10.9. The standard InChI is InChI=1S/C10H19NO/c1-7(12)11-9(8-5-6-8)10(2,3)4/h8-9H,5-6H2,1-4H3,(H,11,12). The van der Waals surface area contributed by atoms with Gasteiger partial charge in [-0.15, -0.1) is 0 Å². The molecule has 0 bridgehead atoms. The summed E-state index contributed by atoms with van der Waals surface area (Å²) in [6.45, 7) is 8.16. The molecular formula is C10H19NO. The van der Waals surface area contributed by atoms with Gasteiger partial charge in [0.05, 0.1) is 0 Å². The monoisotopic (exact) mass is 169 g/mol. The van der Waals surface area contributed by atoms with E-state index in [4.69, 9.17) is 0 Å². The van der Waals surface area contributed by atoms with Crippen molar-refractivity contribution in [2.24, 2.45) is 11.3 Å². The van der Waals surface area contributed by atoms with E-state index in [9.17, 15) is 4.79 Å². The minimum absolute atomic E-state index is 0.0989. The topological polar surface area (TPSA) is 29.1 Å². The lowest BCUT2D eigenvalue weighted by Crippen LogP contribution is -2.44. The van der Waals surface area contributed by atoms with E-state index in [0.29, 0.717) is 6.04 Å². The third-order valence-corrected chi connectivity index (χ3v) is 2.39. The van der Waals surface area contributed by atoms with Gasteiger partial charge in [-0.1, -0.05) is 20.8 Å². The number of hydrogen-bond acceptors (Lipinski definition) is 1. The summed E-state index contributed by atoms with van der Waals surface area (Å²) in [5.41, 5.74) is 0.201. The van der Waals surface area contributed by atoms with E-state index in [1.165, 1.54) is 12.8 Å². The Labute approximate surface area is 74.7 Å². The highest BCUT2D eigenvalue weighted by atomic mass is 16.1. The molecule has 0 aromatic heterocycles. The van der Waals surface area contributed by atoms with E-state index in [1.807, 2.05) is 0 Å². The summed E-state index contributed by atoms with van der Waals surface area (Å²) in [5.74, 6) is 0.829. The number of carbonyl (C=O) groups is 1. The van der Waals surface area contributed by atoms with Gasteiger partial charge in [-0.2, -0.15) is 0 Å². The first kappa shape index (κ1) is 9.56. The SMILES string of the molecule is CC(=O)NC(C1CC1)C(C)(C)C. The van der Waals surface area contributed by atoms with E-state index in [-0.39, 0.29) is 11.3 Å². The Morgan fingerprint density at radius 3 is 2.17 bits per heavy atom. The smallest absolute Gasteiger partial charge is 0.217 e. The van der Waals surface area contributed by atoms with Gasteiger partial charge in [-0.3, -0.25) is 4.79 Å². The molecule has 12 heavy (non-hydrogen) atoms. The maximum absolute atomic E-state index is 10.9. The number of nitrogens with one attached hydrogen (secondary N) is 1. The number of rotatable bonds is 2. The van der Waals surface area contributed by atoms with Crippen LogP contribution in [0.15, 0.2) is 0 Å². The van der Waals surface area contributed by atoms with Gasteiger partial charge in [0.2, 0.25) is 5.91 Å². The van der Waals surface area contributed by atoms with Crippen LogP contribution >= 0.6 is 0 Å². The van der Waals surface area contributed by atoms with E-state index in [2.05, 4.69) is 26.1 Å². The Morgan fingerprint density at radius 2 is 1.92 bits per heavy atom. The Morgan fingerprint density at radius 1 is 1.42 bits per heavy atom. The summed E-state index contributed by atoms with van der Waals surface area (Å²) in [6.07, 6.45) is 2.56. The molecule has 0 saturated heterocycles. The average molecular weight is 169 g/mol. The Kier molecular flexibility index (Phi) is 2.45. The highest BCUT2D eigenvalue weighted by molar-refractivity contribution is 5.73. The quantitative estimate of drug-likeness (QED) is 0.672. The van der Waals surface area contributed by atoms with Crippen molar-refractivity contribution in [2.75, 3.05) is 0 Å². The van der Waals surface area contributed by atoms with E-state index >= 15 is 0 Å². The van der Waals surface area contributed by atoms with Crippen molar-refractivity contribution in [2.45, 2.75) is 46.6 Å². The van der Waals surface area contributed by atoms with E-state index < -0.39 is 0 Å². The van der Waals surface area contributed by atoms with Crippen LogP contribution in [0.25, 0.3) is 0 Å². The first-order valence-corrected chi connectivity index (χ1v) is 4.68. The lowest BCUT2D eigenvalue weighted by atomic mass is 9.84. The highest BCUT2D eigenvalue weighted by Crippen LogP contribution is 2.40. The molecule has 1 fully saturated rings. The second-order valence-electron chi connectivity index (χ2n) is 4.88. The predicted octanol–water partition coefficient (Wildman–Crippen LogP) is 1.95. The fraction of sp³-hybridized carbons (Fsp3) is 0.900. The summed E-state index contributed by atoms with van der Waals surface area (Å²) in [7, 11) is 0. The molecular weight excluding hydrogens is 150 g/mol. The van der Waals surface area contributed by atoms with Gasteiger partial charge >= 0.3 is 0 Å². The summed E-state index contributed by atoms with van der Waals surface area (Å²) >= 11 is 0. The van der Waals surface area contributed by atoms with Crippen molar-refractivity contribution in [3.05, 3.63) is 0 Å². The van der Waals surface area contributed by atoms with Gasteiger partial charge in [0.15, 0.2) is 0 Å². The third-order valence-electron chi connectivity index (χ3n) is 2.39.